The summed E-state index contributed by atoms with van der Waals surface area (Å²) in [6, 6.07) is 0. The number of carboxylic acid groups (broad SMARTS) is 1. The highest BCUT2D eigenvalue weighted by atomic mass is 16.4. The van der Waals surface area contributed by atoms with Crippen LogP contribution in [0.25, 0.3) is 0 Å². The second-order valence-corrected chi connectivity index (χ2v) is 8.15. The van der Waals surface area contributed by atoms with Crippen LogP contribution in [0.1, 0.15) is 142 Å². The van der Waals surface area contributed by atoms with Gasteiger partial charge < -0.3 is 5.11 Å². The first kappa shape index (κ1) is 26.1. The molecule has 0 bridgehead atoms. The number of carboxylic acids is 1. The molecular weight excluding hydrogens is 336 g/mol. The summed E-state index contributed by atoms with van der Waals surface area (Å²) in [7, 11) is 0. The molecule has 0 rings (SSSR count). The molecule has 0 amide bonds. The molecule has 1 N–H and O–H groups in total. The number of hydrogen-bond donors (Lipinski definition) is 1. The minimum atomic E-state index is -0.661. The van der Waals surface area contributed by atoms with Crippen LogP contribution in [0.15, 0.2) is 0 Å². The van der Waals surface area contributed by atoms with Gasteiger partial charge in [-0.05, 0) is 12.8 Å². The lowest BCUT2D eigenvalue weighted by molar-refractivity contribution is -0.137. The first-order valence-electron chi connectivity index (χ1n) is 11.9. The van der Waals surface area contributed by atoms with Crippen molar-refractivity contribution in [3.8, 4) is 0 Å². The van der Waals surface area contributed by atoms with E-state index in [1.165, 1.54) is 96.3 Å². The molecular formula is C24H46O3. The van der Waals surface area contributed by atoms with Crippen molar-refractivity contribution in [2.75, 3.05) is 0 Å². The molecule has 0 unspecified atom stereocenters. The number of aliphatic carboxylic acids is 1. The fourth-order valence-electron chi connectivity index (χ4n) is 3.60. The molecule has 0 saturated carbocycles. The maximum atomic E-state index is 11.2. The molecule has 0 aliphatic rings. The monoisotopic (exact) mass is 382 g/mol. The normalized spacial score (nSPS) is 11.0. The lowest BCUT2D eigenvalue weighted by Crippen LogP contribution is -1.94. The zero-order chi connectivity index (χ0) is 20.0. The van der Waals surface area contributed by atoms with Gasteiger partial charge >= 0.3 is 5.97 Å². The number of rotatable bonds is 22. The van der Waals surface area contributed by atoms with Crippen LogP contribution in [0.2, 0.25) is 0 Å². The fraction of sp³-hybridized carbons (Fsp3) is 0.917. The maximum Gasteiger partial charge on any atom is 0.303 e. The van der Waals surface area contributed by atoms with Gasteiger partial charge in [0, 0.05) is 19.3 Å². The van der Waals surface area contributed by atoms with E-state index in [0.29, 0.717) is 18.6 Å². The van der Waals surface area contributed by atoms with Gasteiger partial charge in [0.25, 0.3) is 0 Å². The van der Waals surface area contributed by atoms with E-state index in [2.05, 4.69) is 0 Å². The highest BCUT2D eigenvalue weighted by Crippen LogP contribution is 2.15. The molecule has 0 heterocycles. The molecule has 0 aromatic carbocycles. The van der Waals surface area contributed by atoms with Gasteiger partial charge in [0.1, 0.15) is 5.78 Å². The Morgan fingerprint density at radius 1 is 0.481 bits per heavy atom. The van der Waals surface area contributed by atoms with Crippen molar-refractivity contribution < 1.29 is 14.7 Å². The van der Waals surface area contributed by atoms with Crippen LogP contribution in [0.5, 0.6) is 0 Å². The molecule has 160 valence electrons. The minimum Gasteiger partial charge on any atom is -0.481 e. The summed E-state index contributed by atoms with van der Waals surface area (Å²) >= 11 is 0. The lowest BCUT2D eigenvalue weighted by Gasteiger charge is -2.04. The highest BCUT2D eigenvalue weighted by Gasteiger charge is 1.99. The van der Waals surface area contributed by atoms with Gasteiger partial charge in [0.2, 0.25) is 0 Å². The SMILES string of the molecule is CCC(=O)CCCCCCCCCCCCCCCCCCCCC(=O)O. The summed E-state index contributed by atoms with van der Waals surface area (Å²) in [4.78, 5) is 21.6. The Morgan fingerprint density at radius 3 is 1.00 bits per heavy atom. The standard InChI is InChI=1S/C24H46O3/c1-2-23(25)21-19-17-15-13-11-9-7-5-3-4-6-8-10-12-14-16-18-20-22-24(26)27/h2-22H2,1H3,(H,26,27). The van der Waals surface area contributed by atoms with Crippen molar-refractivity contribution in [1.82, 2.24) is 0 Å². The number of carbonyl (C=O) groups excluding carboxylic acids is 1. The van der Waals surface area contributed by atoms with E-state index in [-0.39, 0.29) is 0 Å². The Morgan fingerprint density at radius 2 is 0.741 bits per heavy atom. The number of ketones is 1. The van der Waals surface area contributed by atoms with Crippen LogP contribution in [0.3, 0.4) is 0 Å². The van der Waals surface area contributed by atoms with Gasteiger partial charge in [-0.25, -0.2) is 0 Å². The van der Waals surface area contributed by atoms with E-state index in [1.54, 1.807) is 0 Å². The Labute approximate surface area is 168 Å². The quantitative estimate of drug-likeness (QED) is 0.194. The smallest absolute Gasteiger partial charge is 0.303 e. The van der Waals surface area contributed by atoms with Gasteiger partial charge in [-0.15, -0.1) is 0 Å². The third-order valence-electron chi connectivity index (χ3n) is 5.49. The molecule has 0 fully saturated rings. The van der Waals surface area contributed by atoms with E-state index in [9.17, 15) is 9.59 Å². The zero-order valence-corrected chi connectivity index (χ0v) is 18.1. The number of hydrogen-bond acceptors (Lipinski definition) is 2. The third kappa shape index (κ3) is 23.1. The van der Waals surface area contributed by atoms with Crippen molar-refractivity contribution in [3.63, 3.8) is 0 Å². The summed E-state index contributed by atoms with van der Waals surface area (Å²) in [6.45, 7) is 1.96. The topological polar surface area (TPSA) is 54.4 Å². The van der Waals surface area contributed by atoms with Crippen LogP contribution < -0.4 is 0 Å². The number of unbranched alkanes of at least 4 members (excludes halogenated alkanes) is 17. The van der Waals surface area contributed by atoms with E-state index < -0.39 is 5.97 Å². The van der Waals surface area contributed by atoms with Crippen LogP contribution in [0.4, 0.5) is 0 Å². The number of Topliss-reactive ketones (excluding diaryl/α,β-unsaturated/α-hetero) is 1. The summed E-state index contributed by atoms with van der Waals surface area (Å²) in [5.41, 5.74) is 0. The molecule has 0 aliphatic heterocycles. The molecule has 0 aromatic rings. The molecule has 3 nitrogen and oxygen atoms in total. The fourth-order valence-corrected chi connectivity index (χ4v) is 3.60. The summed E-state index contributed by atoms with van der Waals surface area (Å²) in [5.74, 6) is -0.241. The van der Waals surface area contributed by atoms with Crippen LogP contribution >= 0.6 is 0 Å². The molecule has 0 saturated heterocycles. The largest absolute Gasteiger partial charge is 0.481 e. The molecule has 0 radical (unpaired) electrons. The van der Waals surface area contributed by atoms with E-state index in [4.69, 9.17) is 5.11 Å². The predicted molar refractivity (Wildman–Crippen MR) is 115 cm³/mol. The van der Waals surface area contributed by atoms with Crippen LogP contribution in [-0.4, -0.2) is 16.9 Å². The highest BCUT2D eigenvalue weighted by molar-refractivity contribution is 5.77. The molecule has 0 spiro atoms. The van der Waals surface area contributed by atoms with E-state index in [1.807, 2.05) is 6.92 Å². The van der Waals surface area contributed by atoms with Crippen molar-refractivity contribution in [2.24, 2.45) is 0 Å². The van der Waals surface area contributed by atoms with E-state index >= 15 is 0 Å². The van der Waals surface area contributed by atoms with Crippen LogP contribution in [-0.2, 0) is 9.59 Å². The van der Waals surface area contributed by atoms with Gasteiger partial charge in [0.05, 0.1) is 0 Å². The Bertz CT molecular complexity index is 339. The average molecular weight is 383 g/mol. The van der Waals surface area contributed by atoms with Gasteiger partial charge in [0.15, 0.2) is 0 Å². The van der Waals surface area contributed by atoms with Gasteiger partial charge in [-0.3, -0.25) is 9.59 Å². The van der Waals surface area contributed by atoms with Crippen molar-refractivity contribution in [1.29, 1.82) is 0 Å². The first-order chi connectivity index (χ1) is 13.2. The zero-order valence-electron chi connectivity index (χ0n) is 18.1. The summed E-state index contributed by atoms with van der Waals surface area (Å²) < 4.78 is 0. The predicted octanol–water partition coefficient (Wildman–Crippen LogP) is 7.85. The first-order valence-corrected chi connectivity index (χ1v) is 11.9. The second kappa shape index (κ2) is 21.4. The second-order valence-electron chi connectivity index (χ2n) is 8.15. The molecule has 0 atom stereocenters. The molecule has 3 heteroatoms. The van der Waals surface area contributed by atoms with Crippen molar-refractivity contribution in [3.05, 3.63) is 0 Å². The summed E-state index contributed by atoms with van der Waals surface area (Å²) in [5, 5.41) is 8.57. The van der Waals surface area contributed by atoms with E-state index in [0.717, 1.165) is 25.7 Å². The van der Waals surface area contributed by atoms with Gasteiger partial charge in [-0.2, -0.15) is 0 Å². The van der Waals surface area contributed by atoms with Crippen molar-refractivity contribution in [2.45, 2.75) is 142 Å². The third-order valence-corrected chi connectivity index (χ3v) is 5.49. The lowest BCUT2D eigenvalue weighted by atomic mass is 10.0. The Kier molecular flexibility index (Phi) is 20.8. The minimum absolute atomic E-state index is 0.335. The maximum absolute atomic E-state index is 11.2. The Hall–Kier alpha value is -0.860. The Balaban J connectivity index is 3.03. The van der Waals surface area contributed by atoms with Gasteiger partial charge in [-0.1, -0.05) is 110 Å². The summed E-state index contributed by atoms with van der Waals surface area (Å²) in [6.07, 6.45) is 25.0. The van der Waals surface area contributed by atoms with Crippen LogP contribution in [0, 0.1) is 0 Å². The molecule has 0 aliphatic carbocycles. The van der Waals surface area contributed by atoms with Crippen molar-refractivity contribution >= 4 is 11.8 Å². The number of carbonyl (C=O) groups is 2. The molecule has 0 aromatic heterocycles. The molecule has 27 heavy (non-hydrogen) atoms. The average Bonchev–Trinajstić information content (AvgIpc) is 2.65.